The lowest BCUT2D eigenvalue weighted by Crippen LogP contribution is -2.53. The van der Waals surface area contributed by atoms with Crippen molar-refractivity contribution in [1.82, 2.24) is 9.88 Å². The second-order valence-corrected chi connectivity index (χ2v) is 8.14. The van der Waals surface area contributed by atoms with Gasteiger partial charge in [0.25, 0.3) is 5.91 Å². The molecule has 8 heteroatoms. The lowest BCUT2D eigenvalue weighted by Gasteiger charge is -2.41. The number of carbonyl (C=O) groups is 3. The van der Waals surface area contributed by atoms with Gasteiger partial charge in [-0.05, 0) is 19.8 Å². The van der Waals surface area contributed by atoms with Gasteiger partial charge in [-0.3, -0.25) is 14.4 Å². The van der Waals surface area contributed by atoms with Gasteiger partial charge in [0, 0.05) is 37.4 Å². The number of rotatable bonds is 7. The first-order valence-corrected chi connectivity index (χ1v) is 10.9. The van der Waals surface area contributed by atoms with Crippen LogP contribution in [0.1, 0.15) is 44.1 Å². The quantitative estimate of drug-likeness (QED) is 0.627. The number of benzene rings is 1. The Kier molecular flexibility index (Phi) is 7.20. The van der Waals surface area contributed by atoms with Gasteiger partial charge in [-0.2, -0.15) is 0 Å². The second kappa shape index (κ2) is 9.84. The maximum Gasteiger partial charge on any atom is 0.314 e. The molecule has 1 aliphatic heterocycles. The Morgan fingerprint density at radius 3 is 2.67 bits per heavy atom. The van der Waals surface area contributed by atoms with Gasteiger partial charge in [0.15, 0.2) is 0 Å². The molecule has 1 fully saturated rings. The molecule has 1 aliphatic rings. The van der Waals surface area contributed by atoms with Gasteiger partial charge < -0.3 is 14.4 Å². The van der Waals surface area contributed by atoms with E-state index in [1.165, 1.54) is 18.3 Å². The summed E-state index contributed by atoms with van der Waals surface area (Å²) in [7, 11) is 0. The van der Waals surface area contributed by atoms with Crippen molar-refractivity contribution in [3.8, 4) is 0 Å². The number of aromatic nitrogens is 1. The molecule has 0 unspecified atom stereocenters. The highest BCUT2D eigenvalue weighted by Gasteiger charge is 2.46. The molecule has 0 aliphatic carbocycles. The molecule has 1 amide bonds. The monoisotopic (exact) mass is 430 g/mol. The van der Waals surface area contributed by atoms with Gasteiger partial charge in [-0.25, -0.2) is 4.98 Å². The minimum Gasteiger partial charge on any atom is -0.466 e. The summed E-state index contributed by atoms with van der Waals surface area (Å²) in [6, 6.07) is 8.92. The SMILES string of the molecule is CCOC(=O)[C@@]1(Cc2cscn2)CCCN(C(=O)[C@H](OC(C)=O)c2ccccc2)C1. The summed E-state index contributed by atoms with van der Waals surface area (Å²) in [6.07, 6.45) is 0.622. The van der Waals surface area contributed by atoms with Crippen LogP contribution >= 0.6 is 11.3 Å². The summed E-state index contributed by atoms with van der Waals surface area (Å²) < 4.78 is 10.8. The number of thiazole rings is 1. The van der Waals surface area contributed by atoms with E-state index < -0.39 is 17.5 Å². The molecule has 2 atom stereocenters. The zero-order valence-electron chi connectivity index (χ0n) is 17.2. The van der Waals surface area contributed by atoms with Crippen LogP contribution in [0.5, 0.6) is 0 Å². The Labute approximate surface area is 180 Å². The van der Waals surface area contributed by atoms with Crippen LogP contribution in [0.2, 0.25) is 0 Å². The lowest BCUT2D eigenvalue weighted by molar-refractivity contribution is -0.167. The number of hydrogen-bond donors (Lipinski definition) is 0. The smallest absolute Gasteiger partial charge is 0.314 e. The third-order valence-corrected chi connectivity index (χ3v) is 5.85. The predicted molar refractivity (Wildman–Crippen MR) is 112 cm³/mol. The van der Waals surface area contributed by atoms with E-state index in [4.69, 9.17) is 9.47 Å². The Balaban J connectivity index is 1.87. The maximum atomic E-state index is 13.4. The molecule has 0 saturated carbocycles. The fourth-order valence-corrected chi connectivity index (χ4v) is 4.44. The van der Waals surface area contributed by atoms with Gasteiger partial charge in [0.1, 0.15) is 0 Å². The first-order valence-electron chi connectivity index (χ1n) is 10.0. The highest BCUT2D eigenvalue weighted by molar-refractivity contribution is 7.07. The minimum atomic E-state index is -1.04. The van der Waals surface area contributed by atoms with Gasteiger partial charge in [-0.15, -0.1) is 11.3 Å². The molecule has 1 saturated heterocycles. The van der Waals surface area contributed by atoms with Crippen molar-refractivity contribution in [2.75, 3.05) is 19.7 Å². The van der Waals surface area contributed by atoms with Gasteiger partial charge >= 0.3 is 11.9 Å². The van der Waals surface area contributed by atoms with Gasteiger partial charge in [0.05, 0.1) is 23.2 Å². The summed E-state index contributed by atoms with van der Waals surface area (Å²) in [5, 5.41) is 1.91. The molecule has 0 spiro atoms. The molecule has 7 nitrogen and oxygen atoms in total. The van der Waals surface area contributed by atoms with Crippen molar-refractivity contribution in [2.45, 2.75) is 39.2 Å². The number of hydrogen-bond acceptors (Lipinski definition) is 7. The summed E-state index contributed by atoms with van der Waals surface area (Å²) in [5.74, 6) is -1.18. The van der Waals surface area contributed by atoms with E-state index in [0.29, 0.717) is 31.4 Å². The predicted octanol–water partition coefficient (Wildman–Crippen LogP) is 3.16. The van der Waals surface area contributed by atoms with E-state index in [-0.39, 0.29) is 25.0 Å². The molecule has 1 aromatic heterocycles. The van der Waals surface area contributed by atoms with Crippen LogP contribution in [0.3, 0.4) is 0 Å². The van der Waals surface area contributed by atoms with Crippen LogP contribution in [-0.4, -0.2) is 47.4 Å². The molecule has 1 aromatic carbocycles. The number of esters is 2. The second-order valence-electron chi connectivity index (χ2n) is 7.42. The van der Waals surface area contributed by atoms with Crippen molar-refractivity contribution >= 4 is 29.2 Å². The first kappa shape index (κ1) is 22.0. The summed E-state index contributed by atoms with van der Waals surface area (Å²) >= 11 is 1.47. The third kappa shape index (κ3) is 5.05. The molecule has 3 rings (SSSR count). The van der Waals surface area contributed by atoms with Crippen molar-refractivity contribution < 1.29 is 23.9 Å². The average molecular weight is 431 g/mol. The van der Waals surface area contributed by atoms with Gasteiger partial charge in [0.2, 0.25) is 6.10 Å². The summed E-state index contributed by atoms with van der Waals surface area (Å²) in [4.78, 5) is 44.0. The largest absolute Gasteiger partial charge is 0.466 e. The van der Waals surface area contributed by atoms with E-state index in [9.17, 15) is 14.4 Å². The highest BCUT2D eigenvalue weighted by Crippen LogP contribution is 2.36. The fourth-order valence-electron chi connectivity index (χ4n) is 3.88. The van der Waals surface area contributed by atoms with Crippen LogP contribution in [0.25, 0.3) is 0 Å². The molecule has 30 heavy (non-hydrogen) atoms. The Hall–Kier alpha value is -2.74. The minimum absolute atomic E-state index is 0.201. The molecule has 0 radical (unpaired) electrons. The molecule has 0 bridgehead atoms. The maximum absolute atomic E-state index is 13.4. The normalized spacial score (nSPS) is 19.7. The Morgan fingerprint density at radius 1 is 1.27 bits per heavy atom. The van der Waals surface area contributed by atoms with E-state index in [2.05, 4.69) is 4.98 Å². The zero-order valence-corrected chi connectivity index (χ0v) is 18.0. The summed E-state index contributed by atoms with van der Waals surface area (Å²) in [5.41, 5.74) is 2.27. The Bertz CT molecular complexity index is 871. The number of piperidine rings is 1. The standard InChI is InChI=1S/C22H26N2O5S/c1-3-28-21(27)22(12-18-13-30-15-23-18)10-7-11-24(14-22)20(26)19(29-16(2)25)17-8-5-4-6-9-17/h4-6,8-9,13,15,19H,3,7,10-12,14H2,1-2H3/t19-,22-/m1/s1. The number of amides is 1. The van der Waals surface area contributed by atoms with Crippen LogP contribution in [-0.2, 0) is 30.3 Å². The topological polar surface area (TPSA) is 85.8 Å². The highest BCUT2D eigenvalue weighted by atomic mass is 32.1. The first-order chi connectivity index (χ1) is 14.4. The zero-order chi connectivity index (χ0) is 21.6. The van der Waals surface area contributed by atoms with Crippen molar-refractivity contribution in [2.24, 2.45) is 5.41 Å². The number of carbonyl (C=O) groups excluding carboxylic acids is 3. The number of likely N-dealkylation sites (tertiary alicyclic amines) is 1. The van der Waals surface area contributed by atoms with E-state index in [1.54, 1.807) is 41.6 Å². The molecule has 0 N–H and O–H groups in total. The molecular formula is C22H26N2O5S. The fraction of sp³-hybridized carbons (Fsp3) is 0.455. The lowest BCUT2D eigenvalue weighted by atomic mass is 9.76. The number of ether oxygens (including phenoxy) is 2. The van der Waals surface area contributed by atoms with Crippen molar-refractivity contribution in [3.05, 3.63) is 52.5 Å². The average Bonchev–Trinajstić information content (AvgIpc) is 3.25. The van der Waals surface area contributed by atoms with Crippen LogP contribution in [0.15, 0.2) is 41.2 Å². The van der Waals surface area contributed by atoms with Crippen LogP contribution < -0.4 is 0 Å². The van der Waals surface area contributed by atoms with Crippen molar-refractivity contribution in [1.29, 1.82) is 0 Å². The summed E-state index contributed by atoms with van der Waals surface area (Å²) in [6.45, 7) is 4.01. The van der Waals surface area contributed by atoms with E-state index in [0.717, 1.165) is 5.69 Å². The molecule has 160 valence electrons. The molecular weight excluding hydrogens is 404 g/mol. The third-order valence-electron chi connectivity index (χ3n) is 5.21. The molecule has 2 heterocycles. The number of nitrogens with zero attached hydrogens (tertiary/aromatic N) is 2. The van der Waals surface area contributed by atoms with Crippen LogP contribution in [0, 0.1) is 5.41 Å². The Morgan fingerprint density at radius 2 is 2.03 bits per heavy atom. The van der Waals surface area contributed by atoms with E-state index >= 15 is 0 Å². The van der Waals surface area contributed by atoms with E-state index in [1.807, 2.05) is 11.4 Å². The molecule has 2 aromatic rings. The van der Waals surface area contributed by atoms with Gasteiger partial charge in [-0.1, -0.05) is 30.3 Å². The van der Waals surface area contributed by atoms with Crippen molar-refractivity contribution in [3.63, 3.8) is 0 Å². The van der Waals surface area contributed by atoms with Crippen LogP contribution in [0.4, 0.5) is 0 Å².